The van der Waals surface area contributed by atoms with Crippen LogP contribution in [0.3, 0.4) is 0 Å². The first kappa shape index (κ1) is 20.1. The standard InChI is InChI=1S/C21H17Cl2N5O2/c1-12-13(2)24-20-25-21(26-28(20)18(12)29)27(11-14-7-3-5-9-16(14)22)19(30)15-8-4-6-10-17(15)23/h3-10H,11H2,1-2H3,(H,24,25,26). The number of aromatic amines is 1. The van der Waals surface area contributed by atoms with Crippen molar-refractivity contribution in [2.75, 3.05) is 4.90 Å². The van der Waals surface area contributed by atoms with Gasteiger partial charge in [-0.05, 0) is 37.6 Å². The molecule has 2 aromatic heterocycles. The van der Waals surface area contributed by atoms with Crippen molar-refractivity contribution in [2.24, 2.45) is 0 Å². The largest absolute Gasteiger partial charge is 0.277 e. The number of amides is 1. The lowest BCUT2D eigenvalue weighted by Gasteiger charge is -2.21. The molecular formula is C21H17Cl2N5O2. The van der Waals surface area contributed by atoms with E-state index in [0.29, 0.717) is 32.4 Å². The SMILES string of the molecule is Cc1nc2nc(N(Cc3ccccc3Cl)C(=O)c3ccccc3Cl)[nH]n2c(=O)c1C. The summed E-state index contributed by atoms with van der Waals surface area (Å²) in [5, 5.41) is 3.71. The first-order chi connectivity index (χ1) is 14.4. The third-order valence-corrected chi connectivity index (χ3v) is 5.54. The number of carbonyl (C=O) groups is 1. The van der Waals surface area contributed by atoms with Gasteiger partial charge in [-0.15, -0.1) is 0 Å². The first-order valence-electron chi connectivity index (χ1n) is 9.12. The average Bonchev–Trinajstić information content (AvgIpc) is 3.15. The molecule has 0 saturated carbocycles. The van der Waals surface area contributed by atoms with Crippen molar-refractivity contribution in [3.05, 3.63) is 91.3 Å². The van der Waals surface area contributed by atoms with Gasteiger partial charge in [-0.1, -0.05) is 53.5 Å². The Hall–Kier alpha value is -3.16. The Morgan fingerprint density at radius 2 is 1.70 bits per heavy atom. The molecule has 7 nitrogen and oxygen atoms in total. The van der Waals surface area contributed by atoms with Gasteiger partial charge in [-0.3, -0.25) is 19.6 Å². The lowest BCUT2D eigenvalue weighted by Crippen LogP contribution is -2.32. The molecule has 2 aromatic carbocycles. The summed E-state index contributed by atoms with van der Waals surface area (Å²) in [6, 6.07) is 13.9. The van der Waals surface area contributed by atoms with Gasteiger partial charge in [0, 0.05) is 16.3 Å². The Labute approximate surface area is 181 Å². The van der Waals surface area contributed by atoms with Crippen LogP contribution in [-0.2, 0) is 6.54 Å². The lowest BCUT2D eigenvalue weighted by atomic mass is 10.1. The Morgan fingerprint density at radius 3 is 2.40 bits per heavy atom. The van der Waals surface area contributed by atoms with Crippen molar-refractivity contribution in [2.45, 2.75) is 20.4 Å². The van der Waals surface area contributed by atoms with E-state index in [-0.39, 0.29) is 29.7 Å². The molecule has 0 aliphatic heterocycles. The molecule has 0 saturated heterocycles. The number of nitrogens with zero attached hydrogens (tertiary/aromatic N) is 4. The molecule has 0 fully saturated rings. The van der Waals surface area contributed by atoms with Crippen LogP contribution in [0.25, 0.3) is 5.78 Å². The summed E-state index contributed by atoms with van der Waals surface area (Å²) in [6.07, 6.45) is 0. The van der Waals surface area contributed by atoms with Crippen LogP contribution in [0.4, 0.5) is 5.95 Å². The van der Waals surface area contributed by atoms with Gasteiger partial charge in [0.25, 0.3) is 17.2 Å². The highest BCUT2D eigenvalue weighted by Crippen LogP contribution is 2.24. The number of H-pyrrole nitrogens is 1. The van der Waals surface area contributed by atoms with Crippen molar-refractivity contribution < 1.29 is 4.79 Å². The summed E-state index contributed by atoms with van der Waals surface area (Å²) in [4.78, 5) is 36.1. The van der Waals surface area contributed by atoms with Gasteiger partial charge in [-0.2, -0.15) is 9.50 Å². The second-order valence-electron chi connectivity index (χ2n) is 6.77. The summed E-state index contributed by atoms with van der Waals surface area (Å²) in [5.74, 6) is -0.0512. The van der Waals surface area contributed by atoms with Crippen molar-refractivity contribution in [3.63, 3.8) is 0 Å². The minimum atomic E-state index is -0.388. The number of aryl methyl sites for hydroxylation is 1. The van der Waals surface area contributed by atoms with E-state index < -0.39 is 0 Å². The minimum absolute atomic E-state index is 0.121. The monoisotopic (exact) mass is 441 g/mol. The van der Waals surface area contributed by atoms with Crippen LogP contribution < -0.4 is 10.5 Å². The van der Waals surface area contributed by atoms with Crippen LogP contribution in [0.1, 0.15) is 27.2 Å². The molecule has 0 unspecified atom stereocenters. The topological polar surface area (TPSA) is 83.4 Å². The second-order valence-corrected chi connectivity index (χ2v) is 7.59. The number of aromatic nitrogens is 4. The van der Waals surface area contributed by atoms with Crippen molar-refractivity contribution >= 4 is 40.8 Å². The highest BCUT2D eigenvalue weighted by molar-refractivity contribution is 6.34. The smallest absolute Gasteiger partial charge is 0.272 e. The summed E-state index contributed by atoms with van der Waals surface area (Å²) in [7, 11) is 0. The van der Waals surface area contributed by atoms with Crippen LogP contribution in [0.2, 0.25) is 10.0 Å². The molecule has 2 heterocycles. The number of hydrogen-bond acceptors (Lipinski definition) is 4. The van der Waals surface area contributed by atoms with E-state index >= 15 is 0 Å². The summed E-state index contributed by atoms with van der Waals surface area (Å²) in [6.45, 7) is 3.55. The first-order valence-corrected chi connectivity index (χ1v) is 9.88. The average molecular weight is 442 g/mol. The van der Waals surface area contributed by atoms with E-state index in [4.69, 9.17) is 23.2 Å². The molecule has 0 aliphatic rings. The summed E-state index contributed by atoms with van der Waals surface area (Å²) < 4.78 is 1.22. The molecule has 4 aromatic rings. The van der Waals surface area contributed by atoms with Crippen molar-refractivity contribution in [3.8, 4) is 0 Å². The van der Waals surface area contributed by atoms with Gasteiger partial charge in [0.05, 0.1) is 17.1 Å². The number of rotatable bonds is 4. The van der Waals surface area contributed by atoms with Crippen LogP contribution in [0.15, 0.2) is 53.3 Å². The van der Waals surface area contributed by atoms with Crippen LogP contribution >= 0.6 is 23.2 Å². The number of anilines is 1. The minimum Gasteiger partial charge on any atom is -0.272 e. The molecule has 152 valence electrons. The predicted octanol–water partition coefficient (Wildman–Crippen LogP) is 4.19. The number of fused-ring (bicyclic) bond motifs is 1. The van der Waals surface area contributed by atoms with E-state index in [0.717, 1.165) is 0 Å². The number of carbonyl (C=O) groups excluding carboxylic acids is 1. The van der Waals surface area contributed by atoms with Gasteiger partial charge in [0.1, 0.15) is 0 Å². The molecule has 0 atom stereocenters. The van der Waals surface area contributed by atoms with E-state index in [2.05, 4.69) is 15.1 Å². The third-order valence-electron chi connectivity index (χ3n) is 4.84. The van der Waals surface area contributed by atoms with E-state index in [1.807, 2.05) is 18.2 Å². The fourth-order valence-electron chi connectivity index (χ4n) is 3.03. The normalized spacial score (nSPS) is 11.1. The fourth-order valence-corrected chi connectivity index (χ4v) is 3.45. The summed E-state index contributed by atoms with van der Waals surface area (Å²) >= 11 is 12.6. The van der Waals surface area contributed by atoms with Crippen LogP contribution in [0.5, 0.6) is 0 Å². The molecule has 30 heavy (non-hydrogen) atoms. The molecule has 0 aliphatic carbocycles. The van der Waals surface area contributed by atoms with Gasteiger partial charge in [-0.25, -0.2) is 4.98 Å². The van der Waals surface area contributed by atoms with Gasteiger partial charge >= 0.3 is 0 Å². The highest BCUT2D eigenvalue weighted by atomic mass is 35.5. The van der Waals surface area contributed by atoms with E-state index in [1.54, 1.807) is 44.2 Å². The zero-order valence-corrected chi connectivity index (χ0v) is 17.7. The maximum Gasteiger partial charge on any atom is 0.277 e. The number of halogens is 2. The van der Waals surface area contributed by atoms with Gasteiger partial charge < -0.3 is 0 Å². The Kier molecular flexibility index (Phi) is 5.32. The maximum absolute atomic E-state index is 13.4. The highest BCUT2D eigenvalue weighted by Gasteiger charge is 2.25. The molecule has 1 amide bonds. The van der Waals surface area contributed by atoms with Gasteiger partial charge in [0.15, 0.2) is 0 Å². The van der Waals surface area contributed by atoms with E-state index in [9.17, 15) is 9.59 Å². The zero-order valence-electron chi connectivity index (χ0n) is 16.2. The van der Waals surface area contributed by atoms with Gasteiger partial charge in [0.2, 0.25) is 5.95 Å². The van der Waals surface area contributed by atoms with Crippen LogP contribution in [0, 0.1) is 13.8 Å². The number of nitrogens with one attached hydrogen (secondary N) is 1. The van der Waals surface area contributed by atoms with Crippen molar-refractivity contribution in [1.29, 1.82) is 0 Å². The maximum atomic E-state index is 13.4. The molecule has 0 spiro atoms. The molecule has 0 bridgehead atoms. The van der Waals surface area contributed by atoms with E-state index in [1.165, 1.54) is 9.42 Å². The second kappa shape index (κ2) is 7.93. The Morgan fingerprint density at radius 1 is 1.03 bits per heavy atom. The quantitative estimate of drug-likeness (QED) is 0.514. The molecule has 4 rings (SSSR count). The molecule has 0 radical (unpaired) electrons. The van der Waals surface area contributed by atoms with Crippen LogP contribution in [-0.4, -0.2) is 25.5 Å². The number of hydrogen-bond donors (Lipinski definition) is 1. The Bertz CT molecular complexity index is 1330. The molecular weight excluding hydrogens is 425 g/mol. The molecule has 1 N–H and O–H groups in total. The third kappa shape index (κ3) is 3.58. The zero-order chi connectivity index (χ0) is 21.4. The fraction of sp³-hybridized carbons (Fsp3) is 0.143. The molecule has 9 heteroatoms. The summed E-state index contributed by atoms with van der Waals surface area (Å²) in [5.41, 5.74) is 1.82. The Balaban J connectivity index is 1.87. The number of benzene rings is 2. The predicted molar refractivity (Wildman–Crippen MR) is 116 cm³/mol. The lowest BCUT2D eigenvalue weighted by molar-refractivity contribution is 0.0983. The van der Waals surface area contributed by atoms with Crippen molar-refractivity contribution in [1.82, 2.24) is 19.6 Å².